The van der Waals surface area contributed by atoms with Crippen LogP contribution in [-0.2, 0) is 9.53 Å². The van der Waals surface area contributed by atoms with E-state index in [1.165, 1.54) is 0 Å². The van der Waals surface area contributed by atoms with E-state index in [1.54, 1.807) is 6.92 Å². The van der Waals surface area contributed by atoms with E-state index in [4.69, 9.17) is 4.74 Å². The number of aliphatic hydroxyl groups is 1. The number of Topliss-reactive ketones (excluding diaryl/α,β-unsaturated/α-hetero) is 1. The van der Waals surface area contributed by atoms with E-state index >= 15 is 0 Å². The minimum Gasteiger partial charge on any atom is -0.465 e. The van der Waals surface area contributed by atoms with Crippen molar-refractivity contribution in [2.24, 2.45) is 16.8 Å². The SMILES string of the molecule is CCOC(=O)C(C=N[C@@H](CO)C(C)C)C(=O)c1cc(Br)c(F)cc1F. The molecule has 0 radical (unpaired) electrons. The molecule has 2 atom stereocenters. The lowest BCUT2D eigenvalue weighted by Gasteiger charge is -2.15. The number of esters is 1. The van der Waals surface area contributed by atoms with Gasteiger partial charge in [0, 0.05) is 12.3 Å². The zero-order valence-electron chi connectivity index (χ0n) is 14.1. The van der Waals surface area contributed by atoms with Gasteiger partial charge in [0.2, 0.25) is 0 Å². The van der Waals surface area contributed by atoms with E-state index in [0.29, 0.717) is 6.07 Å². The molecular weight excluding hydrogens is 400 g/mol. The molecule has 0 saturated heterocycles. The monoisotopic (exact) mass is 419 g/mol. The zero-order chi connectivity index (χ0) is 19.1. The number of rotatable bonds is 8. The summed E-state index contributed by atoms with van der Waals surface area (Å²) < 4.78 is 32.1. The molecule has 8 heteroatoms. The number of carbonyl (C=O) groups is 2. The average molecular weight is 420 g/mol. The summed E-state index contributed by atoms with van der Waals surface area (Å²) in [4.78, 5) is 28.7. The first-order chi connectivity index (χ1) is 11.7. The van der Waals surface area contributed by atoms with Crippen molar-refractivity contribution in [2.75, 3.05) is 13.2 Å². The first-order valence-electron chi connectivity index (χ1n) is 7.72. The molecule has 0 spiro atoms. The highest BCUT2D eigenvalue weighted by atomic mass is 79.9. The first kappa shape index (κ1) is 21.4. The van der Waals surface area contributed by atoms with E-state index in [-0.39, 0.29) is 23.6 Å². The molecule has 0 aliphatic rings. The molecule has 0 saturated carbocycles. The Morgan fingerprint density at radius 2 is 1.96 bits per heavy atom. The minimum atomic E-state index is -1.49. The second-order valence-corrected chi connectivity index (χ2v) is 6.49. The van der Waals surface area contributed by atoms with E-state index in [1.807, 2.05) is 13.8 Å². The van der Waals surface area contributed by atoms with E-state index in [0.717, 1.165) is 12.3 Å². The molecule has 0 aliphatic heterocycles. The van der Waals surface area contributed by atoms with Gasteiger partial charge >= 0.3 is 5.97 Å². The van der Waals surface area contributed by atoms with Gasteiger partial charge < -0.3 is 9.84 Å². The number of carbonyl (C=O) groups excluding carboxylic acids is 2. The summed E-state index contributed by atoms with van der Waals surface area (Å²) in [5, 5.41) is 9.30. The van der Waals surface area contributed by atoms with Gasteiger partial charge in [-0.05, 0) is 34.8 Å². The van der Waals surface area contributed by atoms with Crippen molar-refractivity contribution in [2.45, 2.75) is 26.8 Å². The van der Waals surface area contributed by atoms with Crippen molar-refractivity contribution >= 4 is 33.9 Å². The normalized spacial score (nSPS) is 13.9. The molecular formula is C17H20BrF2NO4. The van der Waals surface area contributed by atoms with Crippen LogP contribution in [0.2, 0.25) is 0 Å². The van der Waals surface area contributed by atoms with Crippen LogP contribution >= 0.6 is 15.9 Å². The molecule has 0 aliphatic carbocycles. The second-order valence-electron chi connectivity index (χ2n) is 5.63. The largest absolute Gasteiger partial charge is 0.465 e. The topological polar surface area (TPSA) is 76.0 Å². The minimum absolute atomic E-state index is 0.0274. The first-order valence-corrected chi connectivity index (χ1v) is 8.51. The number of halogens is 3. The van der Waals surface area contributed by atoms with E-state index in [2.05, 4.69) is 20.9 Å². The fourth-order valence-electron chi connectivity index (χ4n) is 1.97. The van der Waals surface area contributed by atoms with Crippen LogP contribution in [0, 0.1) is 23.5 Å². The summed E-state index contributed by atoms with van der Waals surface area (Å²) in [6.07, 6.45) is 1.05. The molecule has 1 unspecified atom stereocenters. The molecule has 1 N–H and O–H groups in total. The number of aliphatic hydroxyl groups excluding tert-OH is 1. The predicted molar refractivity (Wildman–Crippen MR) is 92.7 cm³/mol. The Morgan fingerprint density at radius 1 is 1.32 bits per heavy atom. The highest BCUT2D eigenvalue weighted by Crippen LogP contribution is 2.22. The molecule has 0 heterocycles. The van der Waals surface area contributed by atoms with Crippen LogP contribution in [0.1, 0.15) is 31.1 Å². The van der Waals surface area contributed by atoms with E-state index in [9.17, 15) is 23.5 Å². The Hall–Kier alpha value is -1.67. The van der Waals surface area contributed by atoms with Crippen molar-refractivity contribution in [3.63, 3.8) is 0 Å². The van der Waals surface area contributed by atoms with Crippen molar-refractivity contribution in [1.82, 2.24) is 0 Å². The molecule has 5 nitrogen and oxygen atoms in total. The van der Waals surface area contributed by atoms with Gasteiger partial charge in [-0.1, -0.05) is 13.8 Å². The van der Waals surface area contributed by atoms with Crippen molar-refractivity contribution < 1.29 is 28.2 Å². The second kappa shape index (κ2) is 9.72. The molecule has 138 valence electrons. The fourth-order valence-corrected chi connectivity index (χ4v) is 2.32. The summed E-state index contributed by atoms with van der Waals surface area (Å²) in [6.45, 7) is 4.96. The van der Waals surface area contributed by atoms with Gasteiger partial charge in [0.15, 0.2) is 11.7 Å². The molecule has 1 aromatic carbocycles. The van der Waals surface area contributed by atoms with Gasteiger partial charge in [-0.25, -0.2) is 8.78 Å². The van der Waals surface area contributed by atoms with Crippen molar-refractivity contribution in [3.05, 3.63) is 33.8 Å². The summed E-state index contributed by atoms with van der Waals surface area (Å²) in [5.41, 5.74) is -0.456. The van der Waals surface area contributed by atoms with Gasteiger partial charge in [-0.15, -0.1) is 0 Å². The van der Waals surface area contributed by atoms with Gasteiger partial charge in [-0.3, -0.25) is 14.6 Å². The molecule has 1 aromatic rings. The van der Waals surface area contributed by atoms with Gasteiger partial charge in [0.05, 0.1) is 29.3 Å². The van der Waals surface area contributed by atoms with E-state index < -0.39 is 40.9 Å². The summed E-state index contributed by atoms with van der Waals surface area (Å²) >= 11 is 2.88. The zero-order valence-corrected chi connectivity index (χ0v) is 15.7. The third kappa shape index (κ3) is 5.67. The third-order valence-corrected chi connectivity index (χ3v) is 4.09. The Kier molecular flexibility index (Phi) is 8.31. The highest BCUT2D eigenvalue weighted by molar-refractivity contribution is 9.10. The third-order valence-electron chi connectivity index (χ3n) is 3.48. The van der Waals surface area contributed by atoms with Crippen LogP contribution in [0.4, 0.5) is 8.78 Å². The fraction of sp³-hybridized carbons (Fsp3) is 0.471. The Morgan fingerprint density at radius 3 is 2.48 bits per heavy atom. The lowest BCUT2D eigenvalue weighted by Crippen LogP contribution is -2.30. The van der Waals surface area contributed by atoms with Gasteiger partial charge in [-0.2, -0.15) is 0 Å². The smallest absolute Gasteiger partial charge is 0.322 e. The van der Waals surface area contributed by atoms with Crippen LogP contribution < -0.4 is 0 Å². The number of aliphatic imine (C=N–C) groups is 1. The van der Waals surface area contributed by atoms with Crippen LogP contribution in [0.3, 0.4) is 0 Å². The number of ether oxygens (including phenoxy) is 1. The lowest BCUT2D eigenvalue weighted by molar-refractivity contribution is -0.144. The van der Waals surface area contributed by atoms with Crippen molar-refractivity contribution in [1.29, 1.82) is 0 Å². The number of hydrogen-bond acceptors (Lipinski definition) is 5. The van der Waals surface area contributed by atoms with Crippen LogP contribution in [0.15, 0.2) is 21.6 Å². The molecule has 25 heavy (non-hydrogen) atoms. The number of ketones is 1. The maximum absolute atomic E-state index is 14.0. The maximum atomic E-state index is 14.0. The quantitative estimate of drug-likeness (QED) is 0.231. The Bertz CT molecular complexity index is 664. The molecule has 0 amide bonds. The highest BCUT2D eigenvalue weighted by Gasteiger charge is 2.30. The van der Waals surface area contributed by atoms with Crippen LogP contribution in [0.5, 0.6) is 0 Å². The van der Waals surface area contributed by atoms with Crippen molar-refractivity contribution in [3.8, 4) is 0 Å². The predicted octanol–water partition coefficient (Wildman–Crippen LogP) is 3.18. The number of nitrogens with zero attached hydrogens (tertiary/aromatic N) is 1. The molecule has 1 rings (SSSR count). The molecule has 0 bridgehead atoms. The Labute approximate surface area is 153 Å². The van der Waals surface area contributed by atoms with Gasteiger partial charge in [0.1, 0.15) is 11.6 Å². The van der Waals surface area contributed by atoms with Crippen LogP contribution in [-0.4, -0.2) is 42.3 Å². The number of benzene rings is 1. The standard InChI is InChI=1S/C17H20BrF2NO4/c1-4-25-17(24)11(7-21-15(8-22)9(2)3)16(23)10-5-12(18)14(20)6-13(10)19/h5-7,9,11,15,22H,4,8H2,1-3H3/t11?,15-/m0/s1. The lowest BCUT2D eigenvalue weighted by atomic mass is 9.97. The van der Waals surface area contributed by atoms with Gasteiger partial charge in [0.25, 0.3) is 0 Å². The average Bonchev–Trinajstić information content (AvgIpc) is 2.54. The molecule has 0 fully saturated rings. The summed E-state index contributed by atoms with van der Waals surface area (Å²) in [6, 6.07) is 1.01. The summed E-state index contributed by atoms with van der Waals surface area (Å²) in [7, 11) is 0. The number of hydrogen-bond donors (Lipinski definition) is 1. The maximum Gasteiger partial charge on any atom is 0.322 e. The Balaban J connectivity index is 3.24. The summed E-state index contributed by atoms with van der Waals surface area (Å²) in [5.74, 6) is -5.26. The van der Waals surface area contributed by atoms with Crippen LogP contribution in [0.25, 0.3) is 0 Å². The molecule has 0 aromatic heterocycles.